The fourth-order valence-corrected chi connectivity index (χ4v) is 2.34. The predicted octanol–water partition coefficient (Wildman–Crippen LogP) is 2.46. The third kappa shape index (κ3) is 3.03. The summed E-state index contributed by atoms with van der Waals surface area (Å²) in [4.78, 5) is 4.45. The normalized spacial score (nSPS) is 14.3. The van der Waals surface area contributed by atoms with Crippen molar-refractivity contribution in [2.75, 3.05) is 13.7 Å². The molecule has 0 saturated heterocycles. The first kappa shape index (κ1) is 13.8. The third-order valence-corrected chi connectivity index (χ3v) is 3.25. The van der Waals surface area contributed by atoms with Crippen molar-refractivity contribution in [2.24, 2.45) is 7.05 Å². The Morgan fingerprint density at radius 1 is 1.32 bits per heavy atom. The molecule has 4 heteroatoms. The van der Waals surface area contributed by atoms with Crippen LogP contribution in [0.25, 0.3) is 0 Å². The molecule has 2 rings (SSSR count). The average molecular weight is 259 g/mol. The van der Waals surface area contributed by atoms with Crippen LogP contribution in [-0.2, 0) is 11.8 Å². The molecule has 2 aromatic rings. The highest BCUT2D eigenvalue weighted by Crippen LogP contribution is 2.30. The Labute approximate surface area is 114 Å². The molecule has 2 atom stereocenters. The minimum atomic E-state index is -0.0535. The van der Waals surface area contributed by atoms with E-state index in [1.165, 1.54) is 0 Å². The van der Waals surface area contributed by atoms with Gasteiger partial charge in [-0.1, -0.05) is 37.3 Å². The Kier molecular flexibility index (Phi) is 4.71. The van der Waals surface area contributed by atoms with E-state index in [9.17, 15) is 0 Å². The Morgan fingerprint density at radius 2 is 2.05 bits per heavy atom. The summed E-state index contributed by atoms with van der Waals surface area (Å²) >= 11 is 0. The zero-order chi connectivity index (χ0) is 13.7. The van der Waals surface area contributed by atoms with Crippen LogP contribution in [0, 0.1) is 0 Å². The van der Waals surface area contributed by atoms with E-state index in [1.54, 1.807) is 7.11 Å². The van der Waals surface area contributed by atoms with E-state index in [-0.39, 0.29) is 12.1 Å². The Balaban J connectivity index is 2.34. The van der Waals surface area contributed by atoms with E-state index >= 15 is 0 Å². The number of likely N-dealkylation sites (N-methyl/N-ethyl adjacent to an activating group) is 1. The minimum absolute atomic E-state index is 0.0393. The Morgan fingerprint density at radius 3 is 2.58 bits per heavy atom. The lowest BCUT2D eigenvalue weighted by molar-refractivity contribution is 0.0644. The zero-order valence-corrected chi connectivity index (χ0v) is 11.7. The first-order valence-electron chi connectivity index (χ1n) is 6.56. The molecule has 0 radical (unpaired) electrons. The third-order valence-electron chi connectivity index (χ3n) is 3.25. The molecule has 102 valence electrons. The Hall–Kier alpha value is -1.65. The van der Waals surface area contributed by atoms with Crippen molar-refractivity contribution >= 4 is 0 Å². The maximum atomic E-state index is 5.71. The van der Waals surface area contributed by atoms with Gasteiger partial charge in [0.05, 0.1) is 6.04 Å². The molecule has 0 aliphatic rings. The van der Waals surface area contributed by atoms with Crippen LogP contribution in [0.15, 0.2) is 42.7 Å². The van der Waals surface area contributed by atoms with Crippen molar-refractivity contribution in [3.8, 4) is 0 Å². The van der Waals surface area contributed by atoms with Crippen LogP contribution in [0.3, 0.4) is 0 Å². The lowest BCUT2D eigenvalue weighted by atomic mass is 10.0. The fourth-order valence-electron chi connectivity index (χ4n) is 2.34. The van der Waals surface area contributed by atoms with Gasteiger partial charge in [-0.2, -0.15) is 0 Å². The number of aromatic nitrogens is 2. The number of imidazole rings is 1. The maximum Gasteiger partial charge on any atom is 0.128 e. The Bertz CT molecular complexity index is 495. The number of nitrogens with zero attached hydrogens (tertiary/aromatic N) is 2. The van der Waals surface area contributed by atoms with Gasteiger partial charge in [0.1, 0.15) is 11.9 Å². The molecule has 2 unspecified atom stereocenters. The molecule has 4 nitrogen and oxygen atoms in total. The molecule has 1 N–H and O–H groups in total. The molecule has 0 aliphatic carbocycles. The highest BCUT2D eigenvalue weighted by atomic mass is 16.5. The molecule has 19 heavy (non-hydrogen) atoms. The number of aryl methyl sites for hydroxylation is 1. The number of hydrogen-bond donors (Lipinski definition) is 1. The lowest BCUT2D eigenvalue weighted by Crippen LogP contribution is -2.30. The van der Waals surface area contributed by atoms with Crippen LogP contribution < -0.4 is 5.32 Å². The molecule has 0 amide bonds. The second kappa shape index (κ2) is 6.50. The SMILES string of the molecule is CCNC(c1nccn1C)C(OC)c1ccccc1. The number of methoxy groups -OCH3 is 1. The number of ether oxygens (including phenoxy) is 1. The highest BCUT2D eigenvalue weighted by Gasteiger charge is 2.26. The monoisotopic (exact) mass is 259 g/mol. The number of benzene rings is 1. The van der Waals surface area contributed by atoms with Crippen LogP contribution in [0.4, 0.5) is 0 Å². The molecule has 0 bridgehead atoms. The van der Waals surface area contributed by atoms with E-state index in [2.05, 4.69) is 29.4 Å². The van der Waals surface area contributed by atoms with E-state index in [4.69, 9.17) is 4.74 Å². The first-order chi connectivity index (χ1) is 9.27. The van der Waals surface area contributed by atoms with Gasteiger partial charge in [0.25, 0.3) is 0 Å². The number of rotatable bonds is 6. The minimum Gasteiger partial charge on any atom is -0.375 e. The topological polar surface area (TPSA) is 39.1 Å². The summed E-state index contributed by atoms with van der Waals surface area (Å²) in [5, 5.41) is 3.47. The van der Waals surface area contributed by atoms with Crippen molar-refractivity contribution in [3.63, 3.8) is 0 Å². The standard InChI is InChI=1S/C15H21N3O/c1-4-16-13(15-17-10-11-18(15)2)14(19-3)12-8-6-5-7-9-12/h5-11,13-14,16H,4H2,1-3H3. The van der Waals surface area contributed by atoms with Crippen LogP contribution in [0.5, 0.6) is 0 Å². The molecule has 1 heterocycles. The van der Waals surface area contributed by atoms with E-state index < -0.39 is 0 Å². The maximum absolute atomic E-state index is 5.71. The van der Waals surface area contributed by atoms with Crippen LogP contribution in [-0.4, -0.2) is 23.2 Å². The smallest absolute Gasteiger partial charge is 0.128 e. The number of nitrogens with one attached hydrogen (secondary N) is 1. The summed E-state index contributed by atoms with van der Waals surface area (Å²) in [6.45, 7) is 2.96. The molecule has 0 fully saturated rings. The summed E-state index contributed by atoms with van der Waals surface area (Å²) in [6, 6.07) is 10.3. The van der Waals surface area contributed by atoms with Crippen molar-refractivity contribution in [2.45, 2.75) is 19.1 Å². The van der Waals surface area contributed by atoms with Gasteiger partial charge in [0.15, 0.2) is 0 Å². The second-order valence-electron chi connectivity index (χ2n) is 4.50. The highest BCUT2D eigenvalue weighted by molar-refractivity contribution is 5.21. The van der Waals surface area contributed by atoms with Gasteiger partial charge >= 0.3 is 0 Å². The van der Waals surface area contributed by atoms with Gasteiger partial charge in [0, 0.05) is 26.6 Å². The fraction of sp³-hybridized carbons (Fsp3) is 0.400. The largest absolute Gasteiger partial charge is 0.375 e. The summed E-state index contributed by atoms with van der Waals surface area (Å²) in [5.74, 6) is 0.984. The summed E-state index contributed by atoms with van der Waals surface area (Å²) in [5.41, 5.74) is 1.15. The van der Waals surface area contributed by atoms with E-state index in [1.807, 2.05) is 42.2 Å². The van der Waals surface area contributed by atoms with E-state index in [0.717, 1.165) is 17.9 Å². The molecule has 0 spiro atoms. The van der Waals surface area contributed by atoms with Gasteiger partial charge in [-0.25, -0.2) is 4.98 Å². The molecule has 1 aromatic carbocycles. The molecule has 0 aliphatic heterocycles. The summed E-state index contributed by atoms with van der Waals surface area (Å²) < 4.78 is 7.74. The summed E-state index contributed by atoms with van der Waals surface area (Å²) in [7, 11) is 3.75. The lowest BCUT2D eigenvalue weighted by Gasteiger charge is -2.26. The second-order valence-corrected chi connectivity index (χ2v) is 4.50. The molecular formula is C15H21N3O. The molecule has 1 aromatic heterocycles. The van der Waals surface area contributed by atoms with Gasteiger partial charge in [0.2, 0.25) is 0 Å². The first-order valence-corrected chi connectivity index (χ1v) is 6.56. The molecular weight excluding hydrogens is 238 g/mol. The van der Waals surface area contributed by atoms with Crippen molar-refractivity contribution in [3.05, 3.63) is 54.1 Å². The average Bonchev–Trinajstić information content (AvgIpc) is 2.86. The zero-order valence-electron chi connectivity index (χ0n) is 11.7. The van der Waals surface area contributed by atoms with Crippen LogP contribution in [0.2, 0.25) is 0 Å². The number of hydrogen-bond acceptors (Lipinski definition) is 3. The van der Waals surface area contributed by atoms with Crippen molar-refractivity contribution in [1.82, 2.24) is 14.9 Å². The van der Waals surface area contributed by atoms with Crippen LogP contribution >= 0.6 is 0 Å². The van der Waals surface area contributed by atoms with Gasteiger partial charge < -0.3 is 14.6 Å². The predicted molar refractivity (Wildman–Crippen MR) is 75.8 cm³/mol. The summed E-state index contributed by atoms with van der Waals surface area (Å²) in [6.07, 6.45) is 3.72. The van der Waals surface area contributed by atoms with Crippen molar-refractivity contribution < 1.29 is 4.74 Å². The van der Waals surface area contributed by atoms with Crippen molar-refractivity contribution in [1.29, 1.82) is 0 Å². The van der Waals surface area contributed by atoms with Gasteiger partial charge in [-0.3, -0.25) is 0 Å². The van der Waals surface area contributed by atoms with Gasteiger partial charge in [-0.05, 0) is 12.1 Å². The van der Waals surface area contributed by atoms with Gasteiger partial charge in [-0.15, -0.1) is 0 Å². The molecule has 0 saturated carbocycles. The quantitative estimate of drug-likeness (QED) is 0.866. The van der Waals surface area contributed by atoms with E-state index in [0.29, 0.717) is 0 Å². The van der Waals surface area contributed by atoms with Crippen LogP contribution in [0.1, 0.15) is 30.5 Å².